The van der Waals surface area contributed by atoms with E-state index < -0.39 is 0 Å². The number of rotatable bonds is 10. The lowest BCUT2D eigenvalue weighted by atomic mass is 9.79. The summed E-state index contributed by atoms with van der Waals surface area (Å²) in [6.45, 7) is 9.94. The molecule has 0 spiro atoms. The summed E-state index contributed by atoms with van der Waals surface area (Å²) in [5.74, 6) is 0.994. The van der Waals surface area contributed by atoms with Crippen LogP contribution in [0.15, 0.2) is 48.5 Å². The van der Waals surface area contributed by atoms with Crippen LogP contribution in [0.2, 0.25) is 0 Å². The molecule has 0 aliphatic carbocycles. The summed E-state index contributed by atoms with van der Waals surface area (Å²) in [7, 11) is 0. The fraction of sp³-hybridized carbons (Fsp3) is 0.500. The number of benzene rings is 2. The van der Waals surface area contributed by atoms with Crippen molar-refractivity contribution in [2.45, 2.75) is 71.6 Å². The summed E-state index contributed by atoms with van der Waals surface area (Å²) in [4.78, 5) is 0. The van der Waals surface area contributed by atoms with Crippen LogP contribution in [0, 0.1) is 0 Å². The van der Waals surface area contributed by atoms with Crippen molar-refractivity contribution in [3.8, 4) is 5.75 Å². The molecular formula is C24H34O. The SMILES string of the molecule is CCCCOc1ccc(CCCC(C)(C)c2ccc(CC)cc2)cc1. The summed E-state index contributed by atoms with van der Waals surface area (Å²) in [5.41, 5.74) is 4.50. The Kier molecular flexibility index (Phi) is 7.55. The third-order valence-electron chi connectivity index (χ3n) is 5.10. The molecule has 136 valence electrons. The number of ether oxygens (including phenoxy) is 1. The highest BCUT2D eigenvalue weighted by atomic mass is 16.5. The predicted molar refractivity (Wildman–Crippen MR) is 109 cm³/mol. The van der Waals surface area contributed by atoms with Crippen LogP contribution < -0.4 is 4.74 Å². The zero-order chi connectivity index (χ0) is 18.1. The minimum atomic E-state index is 0.232. The first-order chi connectivity index (χ1) is 12.0. The van der Waals surface area contributed by atoms with Crippen molar-refractivity contribution in [1.82, 2.24) is 0 Å². The maximum atomic E-state index is 5.74. The molecule has 0 aromatic heterocycles. The molecule has 25 heavy (non-hydrogen) atoms. The smallest absolute Gasteiger partial charge is 0.119 e. The van der Waals surface area contributed by atoms with Gasteiger partial charge in [-0.25, -0.2) is 0 Å². The number of unbranched alkanes of at least 4 members (excludes halogenated alkanes) is 1. The van der Waals surface area contributed by atoms with Crippen molar-refractivity contribution >= 4 is 0 Å². The van der Waals surface area contributed by atoms with E-state index in [9.17, 15) is 0 Å². The van der Waals surface area contributed by atoms with Crippen molar-refractivity contribution in [1.29, 1.82) is 0 Å². The van der Waals surface area contributed by atoms with E-state index in [0.717, 1.165) is 31.6 Å². The van der Waals surface area contributed by atoms with E-state index in [1.165, 1.54) is 36.0 Å². The van der Waals surface area contributed by atoms with Crippen molar-refractivity contribution in [2.75, 3.05) is 6.61 Å². The van der Waals surface area contributed by atoms with Crippen LogP contribution in [-0.4, -0.2) is 6.61 Å². The van der Waals surface area contributed by atoms with Crippen LogP contribution in [0.1, 0.15) is 70.1 Å². The normalized spacial score (nSPS) is 11.5. The fourth-order valence-electron chi connectivity index (χ4n) is 3.16. The van der Waals surface area contributed by atoms with Crippen molar-refractivity contribution in [3.05, 3.63) is 65.2 Å². The fourth-order valence-corrected chi connectivity index (χ4v) is 3.16. The first-order valence-electron chi connectivity index (χ1n) is 9.86. The highest BCUT2D eigenvalue weighted by Crippen LogP contribution is 2.29. The third kappa shape index (κ3) is 6.23. The van der Waals surface area contributed by atoms with E-state index in [4.69, 9.17) is 4.74 Å². The van der Waals surface area contributed by atoms with Crippen LogP contribution in [0.3, 0.4) is 0 Å². The van der Waals surface area contributed by atoms with E-state index in [2.05, 4.69) is 76.2 Å². The molecule has 0 atom stereocenters. The maximum absolute atomic E-state index is 5.74. The molecule has 0 aliphatic heterocycles. The lowest BCUT2D eigenvalue weighted by molar-refractivity contribution is 0.309. The molecule has 0 saturated carbocycles. The van der Waals surface area contributed by atoms with Gasteiger partial charge in [0, 0.05) is 0 Å². The van der Waals surface area contributed by atoms with Gasteiger partial charge in [-0.05, 0) is 66.3 Å². The van der Waals surface area contributed by atoms with Gasteiger partial charge in [-0.1, -0.05) is 70.5 Å². The summed E-state index contributed by atoms with van der Waals surface area (Å²) in [5, 5.41) is 0. The molecular weight excluding hydrogens is 304 g/mol. The molecule has 1 heteroatoms. The molecule has 0 heterocycles. The summed E-state index contributed by atoms with van der Waals surface area (Å²) < 4.78 is 5.74. The zero-order valence-electron chi connectivity index (χ0n) is 16.5. The van der Waals surface area contributed by atoms with Gasteiger partial charge in [0.25, 0.3) is 0 Å². The maximum Gasteiger partial charge on any atom is 0.119 e. The van der Waals surface area contributed by atoms with Crippen LogP contribution in [0.25, 0.3) is 0 Å². The molecule has 0 radical (unpaired) electrons. The first kappa shape index (κ1) is 19.6. The van der Waals surface area contributed by atoms with Gasteiger partial charge in [-0.15, -0.1) is 0 Å². The Morgan fingerprint density at radius 3 is 2.04 bits per heavy atom. The number of hydrogen-bond donors (Lipinski definition) is 0. The van der Waals surface area contributed by atoms with Gasteiger partial charge in [0.1, 0.15) is 5.75 Å². The van der Waals surface area contributed by atoms with Crippen LogP contribution in [-0.2, 0) is 18.3 Å². The lowest BCUT2D eigenvalue weighted by Gasteiger charge is -2.25. The molecule has 2 rings (SSSR count). The van der Waals surface area contributed by atoms with Gasteiger partial charge < -0.3 is 4.74 Å². The zero-order valence-corrected chi connectivity index (χ0v) is 16.5. The second kappa shape index (κ2) is 9.65. The molecule has 1 nitrogen and oxygen atoms in total. The van der Waals surface area contributed by atoms with Gasteiger partial charge >= 0.3 is 0 Å². The lowest BCUT2D eigenvalue weighted by Crippen LogP contribution is -2.17. The van der Waals surface area contributed by atoms with E-state index in [-0.39, 0.29) is 5.41 Å². The van der Waals surface area contributed by atoms with Crippen LogP contribution >= 0.6 is 0 Å². The Hall–Kier alpha value is -1.76. The standard InChI is InChI=1S/C24H34O/c1-5-7-19-25-23-16-12-21(13-17-23)9-8-18-24(3,4)22-14-10-20(6-2)11-15-22/h10-17H,5-9,18-19H2,1-4H3. The molecule has 0 amide bonds. The second-order valence-corrected chi connectivity index (χ2v) is 7.63. The van der Waals surface area contributed by atoms with Gasteiger partial charge in [-0.2, -0.15) is 0 Å². The quantitative estimate of drug-likeness (QED) is 0.436. The number of aryl methyl sites for hydroxylation is 2. The third-order valence-corrected chi connectivity index (χ3v) is 5.10. The Morgan fingerprint density at radius 2 is 1.44 bits per heavy atom. The summed E-state index contributed by atoms with van der Waals surface area (Å²) in [6.07, 6.45) is 6.95. The van der Waals surface area contributed by atoms with Crippen molar-refractivity contribution < 1.29 is 4.74 Å². The summed E-state index contributed by atoms with van der Waals surface area (Å²) >= 11 is 0. The van der Waals surface area contributed by atoms with Crippen molar-refractivity contribution in [2.24, 2.45) is 0 Å². The average Bonchev–Trinajstić information content (AvgIpc) is 2.63. The molecule has 0 aliphatic rings. The predicted octanol–water partition coefficient (Wildman–Crippen LogP) is 6.73. The Morgan fingerprint density at radius 1 is 0.800 bits per heavy atom. The molecule has 2 aromatic carbocycles. The largest absolute Gasteiger partial charge is 0.494 e. The van der Waals surface area contributed by atoms with Gasteiger partial charge in [0.15, 0.2) is 0 Å². The molecule has 0 saturated heterocycles. The average molecular weight is 339 g/mol. The number of hydrogen-bond acceptors (Lipinski definition) is 1. The molecule has 2 aromatic rings. The van der Waals surface area contributed by atoms with Gasteiger partial charge in [0.2, 0.25) is 0 Å². The Labute approximate surface area is 154 Å². The van der Waals surface area contributed by atoms with Gasteiger partial charge in [0.05, 0.1) is 6.61 Å². The Bertz CT molecular complexity index is 608. The van der Waals surface area contributed by atoms with E-state index in [1.807, 2.05) is 0 Å². The molecule has 0 N–H and O–H groups in total. The molecule has 0 unspecified atom stereocenters. The van der Waals surface area contributed by atoms with E-state index in [1.54, 1.807) is 0 Å². The van der Waals surface area contributed by atoms with E-state index in [0.29, 0.717) is 0 Å². The monoisotopic (exact) mass is 338 g/mol. The highest BCUT2D eigenvalue weighted by molar-refractivity contribution is 5.29. The minimum absolute atomic E-state index is 0.232. The Balaban J connectivity index is 1.82. The molecule has 0 bridgehead atoms. The second-order valence-electron chi connectivity index (χ2n) is 7.63. The topological polar surface area (TPSA) is 9.23 Å². The van der Waals surface area contributed by atoms with Crippen molar-refractivity contribution in [3.63, 3.8) is 0 Å². The van der Waals surface area contributed by atoms with Crippen LogP contribution in [0.5, 0.6) is 5.75 Å². The highest BCUT2D eigenvalue weighted by Gasteiger charge is 2.19. The first-order valence-corrected chi connectivity index (χ1v) is 9.86. The van der Waals surface area contributed by atoms with E-state index >= 15 is 0 Å². The summed E-state index contributed by atoms with van der Waals surface area (Å²) in [6, 6.07) is 17.8. The minimum Gasteiger partial charge on any atom is -0.494 e. The molecule has 0 fully saturated rings. The van der Waals surface area contributed by atoms with Crippen LogP contribution in [0.4, 0.5) is 0 Å². The van der Waals surface area contributed by atoms with Gasteiger partial charge in [-0.3, -0.25) is 0 Å².